The van der Waals surface area contributed by atoms with Crippen LogP contribution in [0.15, 0.2) is 36.7 Å². The fourth-order valence-electron chi connectivity index (χ4n) is 2.45. The van der Waals surface area contributed by atoms with Crippen LogP contribution in [0.1, 0.15) is 12.0 Å². The maximum Gasteiger partial charge on any atom is 0.152 e. The topological polar surface area (TPSA) is 84.0 Å². The third-order valence-corrected chi connectivity index (χ3v) is 5.41. The summed E-state index contributed by atoms with van der Waals surface area (Å²) in [5, 5.41) is 6.25. The number of hydrogen-bond donors (Lipinski definition) is 2. The van der Waals surface area contributed by atoms with Gasteiger partial charge in [0.15, 0.2) is 9.84 Å². The maximum atomic E-state index is 12.9. The highest BCUT2D eigenvalue weighted by molar-refractivity contribution is 7.91. The van der Waals surface area contributed by atoms with Crippen LogP contribution in [0.25, 0.3) is 0 Å². The Hall–Kier alpha value is -2.22. The van der Waals surface area contributed by atoms with Gasteiger partial charge in [0.2, 0.25) is 0 Å². The van der Waals surface area contributed by atoms with Gasteiger partial charge in [0.05, 0.1) is 11.5 Å². The second-order valence-corrected chi connectivity index (χ2v) is 7.74. The average Bonchev–Trinajstić information content (AvgIpc) is 2.86. The summed E-state index contributed by atoms with van der Waals surface area (Å²) in [4.78, 5) is 8.23. The zero-order valence-electron chi connectivity index (χ0n) is 12.4. The summed E-state index contributed by atoms with van der Waals surface area (Å²) in [6.45, 7) is 0.508. The summed E-state index contributed by atoms with van der Waals surface area (Å²) in [5.74, 6) is 1.28. The van der Waals surface area contributed by atoms with Crippen molar-refractivity contribution in [2.75, 3.05) is 22.1 Å². The van der Waals surface area contributed by atoms with Gasteiger partial charge in [0, 0.05) is 18.7 Å². The summed E-state index contributed by atoms with van der Waals surface area (Å²) in [6, 6.07) is 7.83. The molecular formula is C15H17FN4O2S. The number of sulfone groups is 1. The standard InChI is InChI=1S/C15H17FN4O2S/c16-12-3-1-11(2-4-12)8-17-14-7-15(19-10-18-14)20-13-5-6-23(21,22)9-13/h1-4,7,10,13H,5-6,8-9H2,(H2,17,18,19,20). The zero-order valence-corrected chi connectivity index (χ0v) is 13.2. The number of anilines is 2. The van der Waals surface area contributed by atoms with Gasteiger partial charge >= 0.3 is 0 Å². The summed E-state index contributed by atoms with van der Waals surface area (Å²) in [6.07, 6.45) is 2.00. The van der Waals surface area contributed by atoms with E-state index in [1.165, 1.54) is 18.5 Å². The summed E-state index contributed by atoms with van der Waals surface area (Å²) in [7, 11) is -2.93. The molecule has 1 saturated heterocycles. The molecule has 0 saturated carbocycles. The molecule has 0 aliphatic carbocycles. The van der Waals surface area contributed by atoms with Crippen molar-refractivity contribution in [3.63, 3.8) is 0 Å². The fourth-order valence-corrected chi connectivity index (χ4v) is 4.12. The van der Waals surface area contributed by atoms with Crippen LogP contribution in [-0.4, -0.2) is 35.9 Å². The molecule has 2 heterocycles. The lowest BCUT2D eigenvalue weighted by atomic mass is 10.2. The van der Waals surface area contributed by atoms with Crippen molar-refractivity contribution < 1.29 is 12.8 Å². The van der Waals surface area contributed by atoms with Gasteiger partial charge in [0.25, 0.3) is 0 Å². The lowest BCUT2D eigenvalue weighted by Crippen LogP contribution is -2.21. The molecule has 23 heavy (non-hydrogen) atoms. The third kappa shape index (κ3) is 4.38. The molecule has 1 fully saturated rings. The first-order valence-electron chi connectivity index (χ1n) is 7.27. The number of rotatable bonds is 5. The van der Waals surface area contributed by atoms with E-state index in [1.54, 1.807) is 18.2 Å². The Bertz CT molecular complexity index is 780. The minimum Gasteiger partial charge on any atom is -0.366 e. The number of hydrogen-bond acceptors (Lipinski definition) is 6. The van der Waals surface area contributed by atoms with Crippen molar-refractivity contribution in [2.45, 2.75) is 19.0 Å². The van der Waals surface area contributed by atoms with Gasteiger partial charge in [-0.15, -0.1) is 0 Å². The van der Waals surface area contributed by atoms with Crippen molar-refractivity contribution in [2.24, 2.45) is 0 Å². The molecule has 1 aromatic heterocycles. The maximum absolute atomic E-state index is 12.9. The molecular weight excluding hydrogens is 319 g/mol. The van der Waals surface area contributed by atoms with Gasteiger partial charge in [-0.2, -0.15) is 0 Å². The number of nitrogens with one attached hydrogen (secondary N) is 2. The van der Waals surface area contributed by atoms with Crippen molar-refractivity contribution in [1.29, 1.82) is 0 Å². The van der Waals surface area contributed by atoms with E-state index in [1.807, 2.05) is 0 Å². The van der Waals surface area contributed by atoms with Crippen molar-refractivity contribution in [1.82, 2.24) is 9.97 Å². The van der Waals surface area contributed by atoms with E-state index in [4.69, 9.17) is 0 Å². The van der Waals surface area contributed by atoms with E-state index in [0.29, 0.717) is 24.6 Å². The van der Waals surface area contributed by atoms with Crippen LogP contribution in [0.3, 0.4) is 0 Å². The molecule has 122 valence electrons. The minimum absolute atomic E-state index is 0.111. The monoisotopic (exact) mass is 336 g/mol. The van der Waals surface area contributed by atoms with Crippen molar-refractivity contribution in [3.05, 3.63) is 48.0 Å². The lowest BCUT2D eigenvalue weighted by molar-refractivity contribution is 0.602. The molecule has 0 radical (unpaired) electrons. The molecule has 3 rings (SSSR count). The van der Waals surface area contributed by atoms with Crippen LogP contribution in [0.5, 0.6) is 0 Å². The lowest BCUT2D eigenvalue weighted by Gasteiger charge is -2.12. The second-order valence-electron chi connectivity index (χ2n) is 5.51. The van der Waals surface area contributed by atoms with Gasteiger partial charge in [0.1, 0.15) is 23.8 Å². The van der Waals surface area contributed by atoms with Gasteiger partial charge in [-0.25, -0.2) is 22.8 Å². The normalized spacial score (nSPS) is 19.4. The van der Waals surface area contributed by atoms with Crippen LogP contribution in [0.2, 0.25) is 0 Å². The quantitative estimate of drug-likeness (QED) is 0.867. The molecule has 2 N–H and O–H groups in total. The average molecular weight is 336 g/mol. The highest BCUT2D eigenvalue weighted by Gasteiger charge is 2.27. The van der Waals surface area contributed by atoms with E-state index in [0.717, 1.165) is 5.56 Å². The Labute approximate surface area is 134 Å². The van der Waals surface area contributed by atoms with Gasteiger partial charge in [-0.1, -0.05) is 12.1 Å². The summed E-state index contributed by atoms with van der Waals surface area (Å²) in [5.41, 5.74) is 0.932. The van der Waals surface area contributed by atoms with Crippen LogP contribution in [0, 0.1) is 5.82 Å². The number of halogens is 1. The van der Waals surface area contributed by atoms with E-state index >= 15 is 0 Å². The number of aromatic nitrogens is 2. The van der Waals surface area contributed by atoms with Gasteiger partial charge < -0.3 is 10.6 Å². The molecule has 1 unspecified atom stereocenters. The highest BCUT2D eigenvalue weighted by Crippen LogP contribution is 2.17. The number of benzene rings is 1. The summed E-state index contributed by atoms with van der Waals surface area (Å²) < 4.78 is 35.8. The molecule has 0 bridgehead atoms. The Morgan fingerprint density at radius 2 is 1.91 bits per heavy atom. The Morgan fingerprint density at radius 3 is 2.61 bits per heavy atom. The zero-order chi connectivity index (χ0) is 16.3. The first-order valence-corrected chi connectivity index (χ1v) is 9.10. The Balaban J connectivity index is 1.60. The summed E-state index contributed by atoms with van der Waals surface area (Å²) >= 11 is 0. The highest BCUT2D eigenvalue weighted by atomic mass is 32.2. The molecule has 6 nitrogen and oxygen atoms in total. The molecule has 0 spiro atoms. The predicted molar refractivity (Wildman–Crippen MR) is 86.4 cm³/mol. The van der Waals surface area contributed by atoms with Crippen LogP contribution in [-0.2, 0) is 16.4 Å². The largest absolute Gasteiger partial charge is 0.366 e. The van der Waals surface area contributed by atoms with Crippen LogP contribution in [0.4, 0.5) is 16.0 Å². The third-order valence-electron chi connectivity index (χ3n) is 3.64. The van der Waals surface area contributed by atoms with E-state index < -0.39 is 9.84 Å². The molecule has 0 amide bonds. The molecule has 8 heteroatoms. The first kappa shape index (κ1) is 15.7. The van der Waals surface area contributed by atoms with Crippen LogP contribution >= 0.6 is 0 Å². The van der Waals surface area contributed by atoms with Gasteiger partial charge in [-0.05, 0) is 24.1 Å². The van der Waals surface area contributed by atoms with Crippen LogP contribution < -0.4 is 10.6 Å². The number of nitrogens with zero attached hydrogens (tertiary/aromatic N) is 2. The predicted octanol–water partition coefficient (Wildman–Crippen LogP) is 1.83. The van der Waals surface area contributed by atoms with E-state index in [9.17, 15) is 12.8 Å². The fraction of sp³-hybridized carbons (Fsp3) is 0.333. The second kappa shape index (κ2) is 6.49. The Kier molecular flexibility index (Phi) is 4.42. The minimum atomic E-state index is -2.93. The van der Waals surface area contributed by atoms with Crippen molar-refractivity contribution in [3.8, 4) is 0 Å². The smallest absolute Gasteiger partial charge is 0.152 e. The molecule has 1 aromatic carbocycles. The van der Waals surface area contributed by atoms with Crippen molar-refractivity contribution >= 4 is 21.5 Å². The first-order chi connectivity index (χ1) is 11.0. The molecule has 1 aliphatic heterocycles. The van der Waals surface area contributed by atoms with E-state index in [-0.39, 0.29) is 23.4 Å². The SMILES string of the molecule is O=S1(=O)CCC(Nc2cc(NCc3ccc(F)cc3)ncn2)C1. The molecule has 1 aliphatic rings. The van der Waals surface area contributed by atoms with Gasteiger partial charge in [-0.3, -0.25) is 0 Å². The van der Waals surface area contributed by atoms with E-state index in [2.05, 4.69) is 20.6 Å². The molecule has 2 aromatic rings. The Morgan fingerprint density at radius 1 is 1.17 bits per heavy atom. The molecule has 1 atom stereocenters.